The fraction of sp³-hybridized carbons (Fsp3) is 0.231. The minimum atomic E-state index is -3.33. The van der Waals surface area contributed by atoms with Crippen LogP contribution in [0.1, 0.15) is 24.1 Å². The average Bonchev–Trinajstić information content (AvgIpc) is 3.35. The van der Waals surface area contributed by atoms with Crippen LogP contribution in [0.25, 0.3) is 10.4 Å². The third kappa shape index (κ3) is 6.20. The van der Waals surface area contributed by atoms with Crippen LogP contribution < -0.4 is 5.73 Å². The zero-order valence-electron chi connectivity index (χ0n) is 19.3. The quantitative estimate of drug-likeness (QED) is 0.341. The summed E-state index contributed by atoms with van der Waals surface area (Å²) in [6.07, 6.45) is 5.85. The number of allylic oxidation sites excluding steroid dienone is 1. The Hall–Kier alpha value is -2.94. The molecule has 182 valence electrons. The summed E-state index contributed by atoms with van der Waals surface area (Å²) in [5, 5.41) is 0.483. The van der Waals surface area contributed by atoms with Gasteiger partial charge in [-0.1, -0.05) is 35.9 Å². The lowest BCUT2D eigenvalue weighted by Gasteiger charge is -2.26. The molecule has 1 amide bonds. The molecule has 1 saturated heterocycles. The molecular weight excluding hydrogens is 502 g/mol. The number of carbonyl (C=O) groups excluding carboxylic acids is 1. The molecule has 0 unspecified atom stereocenters. The molecule has 2 heterocycles. The van der Waals surface area contributed by atoms with E-state index in [9.17, 15) is 13.2 Å². The first-order valence-corrected chi connectivity index (χ1v) is 14.3. The number of piperidine rings is 1. The smallest absolute Gasteiger partial charge is 0.269 e. The van der Waals surface area contributed by atoms with Crippen LogP contribution in [-0.2, 0) is 14.6 Å². The van der Waals surface area contributed by atoms with Crippen LogP contribution >= 0.6 is 22.9 Å². The number of sulfone groups is 1. The van der Waals surface area contributed by atoms with Crippen molar-refractivity contribution in [2.24, 2.45) is 10.7 Å². The Morgan fingerprint density at radius 1 is 1.06 bits per heavy atom. The lowest BCUT2D eigenvalue weighted by Crippen LogP contribution is -2.38. The molecule has 0 aliphatic carbocycles. The van der Waals surface area contributed by atoms with E-state index in [-0.39, 0.29) is 16.5 Å². The van der Waals surface area contributed by atoms with Crippen molar-refractivity contribution in [3.63, 3.8) is 0 Å². The number of nitrogens with zero attached hydrogens (tertiary/aromatic N) is 2. The molecule has 1 aliphatic rings. The maximum Gasteiger partial charge on any atom is 0.269 e. The van der Waals surface area contributed by atoms with E-state index in [0.29, 0.717) is 29.5 Å². The second kappa shape index (κ2) is 10.8. The zero-order valence-corrected chi connectivity index (χ0v) is 21.7. The Labute approximate surface area is 214 Å². The van der Waals surface area contributed by atoms with Gasteiger partial charge in [0.25, 0.3) is 5.91 Å². The van der Waals surface area contributed by atoms with Crippen LogP contribution in [0.5, 0.6) is 0 Å². The number of benzene rings is 2. The molecule has 2 aromatic carbocycles. The highest BCUT2D eigenvalue weighted by molar-refractivity contribution is 7.90. The van der Waals surface area contributed by atoms with Gasteiger partial charge in [-0.25, -0.2) is 13.4 Å². The van der Waals surface area contributed by atoms with E-state index in [4.69, 9.17) is 22.3 Å². The molecule has 6 nitrogen and oxygen atoms in total. The number of carbonyl (C=O) groups is 1. The maximum absolute atomic E-state index is 12.9. The second-order valence-electron chi connectivity index (χ2n) is 8.36. The fourth-order valence-corrected chi connectivity index (χ4v) is 5.64. The minimum Gasteiger partial charge on any atom is -0.394 e. The van der Waals surface area contributed by atoms with Crippen molar-refractivity contribution in [2.75, 3.05) is 19.3 Å². The molecule has 2 N–H and O–H groups in total. The third-order valence-electron chi connectivity index (χ3n) is 5.68. The Morgan fingerprint density at radius 2 is 1.80 bits per heavy atom. The summed E-state index contributed by atoms with van der Waals surface area (Å²) in [6, 6.07) is 17.8. The maximum atomic E-state index is 12.9. The molecule has 9 heteroatoms. The first-order chi connectivity index (χ1) is 16.7. The number of aliphatic imine (C=N–C) groups is 1. The van der Waals surface area contributed by atoms with E-state index in [1.165, 1.54) is 17.6 Å². The predicted molar refractivity (Wildman–Crippen MR) is 143 cm³/mol. The lowest BCUT2D eigenvalue weighted by molar-refractivity contribution is -0.128. The second-order valence-corrected chi connectivity index (χ2v) is 11.9. The molecule has 1 aromatic heterocycles. The number of likely N-dealkylation sites (tertiary alicyclic amines) is 1. The highest BCUT2D eigenvalue weighted by Crippen LogP contribution is 2.32. The highest BCUT2D eigenvalue weighted by atomic mass is 35.5. The standard InChI is InChI=1S/C26H26ClN3O3S2/c1-35(32,33)19-9-7-8-18(16-19)24-12-13-25(34-24)23(29-22-11-4-3-10-20(22)27)17-21(28)26(31)30-14-5-2-6-15-30/h3-4,7-13,16-17H,2,5-6,14-15,28H2,1H3/b21-17-,29-23?. The summed E-state index contributed by atoms with van der Waals surface area (Å²) >= 11 is 7.78. The molecule has 0 bridgehead atoms. The summed E-state index contributed by atoms with van der Waals surface area (Å²) in [5.41, 5.74) is 8.23. The van der Waals surface area contributed by atoms with Gasteiger partial charge in [-0.2, -0.15) is 0 Å². The largest absolute Gasteiger partial charge is 0.394 e. The van der Waals surface area contributed by atoms with Crippen molar-refractivity contribution < 1.29 is 13.2 Å². The van der Waals surface area contributed by atoms with Crippen molar-refractivity contribution >= 4 is 50.1 Å². The van der Waals surface area contributed by atoms with Gasteiger partial charge in [-0.05, 0) is 67.3 Å². The number of para-hydroxylation sites is 1. The molecule has 1 aliphatic heterocycles. The van der Waals surface area contributed by atoms with Gasteiger partial charge in [0.1, 0.15) is 0 Å². The first-order valence-electron chi connectivity index (χ1n) is 11.2. The van der Waals surface area contributed by atoms with Crippen LogP contribution in [0, 0.1) is 0 Å². The number of rotatable bonds is 6. The van der Waals surface area contributed by atoms with E-state index in [0.717, 1.165) is 34.6 Å². The van der Waals surface area contributed by atoms with Gasteiger partial charge < -0.3 is 10.6 Å². The van der Waals surface area contributed by atoms with Gasteiger partial charge in [0.2, 0.25) is 0 Å². The van der Waals surface area contributed by atoms with E-state index in [2.05, 4.69) is 0 Å². The van der Waals surface area contributed by atoms with E-state index >= 15 is 0 Å². The van der Waals surface area contributed by atoms with Crippen LogP contribution in [0.4, 0.5) is 5.69 Å². The normalized spacial score (nSPS) is 15.3. The van der Waals surface area contributed by atoms with Crippen molar-refractivity contribution in [1.82, 2.24) is 4.90 Å². The van der Waals surface area contributed by atoms with Gasteiger partial charge in [0.15, 0.2) is 9.84 Å². The highest BCUT2D eigenvalue weighted by Gasteiger charge is 2.20. The Morgan fingerprint density at radius 3 is 2.51 bits per heavy atom. The van der Waals surface area contributed by atoms with Gasteiger partial charge >= 0.3 is 0 Å². The van der Waals surface area contributed by atoms with Crippen LogP contribution in [-0.4, -0.2) is 44.3 Å². The van der Waals surface area contributed by atoms with E-state index in [1.807, 2.05) is 30.3 Å². The fourth-order valence-electron chi connectivity index (χ4n) is 3.83. The number of halogens is 1. The molecule has 35 heavy (non-hydrogen) atoms. The summed E-state index contributed by atoms with van der Waals surface area (Å²) in [6.45, 7) is 1.40. The predicted octanol–water partition coefficient (Wildman–Crippen LogP) is 5.45. The van der Waals surface area contributed by atoms with Crippen LogP contribution in [0.2, 0.25) is 5.02 Å². The Balaban J connectivity index is 1.73. The Kier molecular flexibility index (Phi) is 7.74. The minimum absolute atomic E-state index is 0.117. The third-order valence-corrected chi connectivity index (χ3v) is 8.27. The molecule has 0 spiro atoms. The average molecular weight is 528 g/mol. The molecule has 0 radical (unpaired) electrons. The number of hydrogen-bond donors (Lipinski definition) is 1. The van der Waals surface area contributed by atoms with Gasteiger partial charge in [0.05, 0.1) is 31.9 Å². The van der Waals surface area contributed by atoms with Gasteiger partial charge in [-0.3, -0.25) is 4.79 Å². The summed E-state index contributed by atoms with van der Waals surface area (Å²) in [7, 11) is -3.33. The van der Waals surface area contributed by atoms with Crippen LogP contribution in [0.15, 0.2) is 82.3 Å². The Bertz CT molecular complexity index is 1400. The first kappa shape index (κ1) is 25.2. The van der Waals surface area contributed by atoms with E-state index < -0.39 is 9.84 Å². The number of hydrogen-bond acceptors (Lipinski definition) is 6. The van der Waals surface area contributed by atoms with Crippen molar-refractivity contribution in [3.8, 4) is 10.4 Å². The SMILES string of the molecule is CS(=O)(=O)c1cccc(-c2ccc(C(/C=C(\N)C(=O)N3CCCCC3)=Nc3ccccc3Cl)s2)c1. The summed E-state index contributed by atoms with van der Waals surface area (Å²) in [4.78, 5) is 21.3. The molecule has 0 saturated carbocycles. The lowest BCUT2D eigenvalue weighted by atomic mass is 10.1. The number of amides is 1. The van der Waals surface area contributed by atoms with E-state index in [1.54, 1.807) is 41.3 Å². The topological polar surface area (TPSA) is 92.8 Å². The van der Waals surface area contributed by atoms with Gasteiger partial charge in [-0.15, -0.1) is 11.3 Å². The molecule has 3 aromatic rings. The molecule has 1 fully saturated rings. The molecule has 0 atom stereocenters. The summed E-state index contributed by atoms with van der Waals surface area (Å²) in [5.74, 6) is -0.200. The monoisotopic (exact) mass is 527 g/mol. The zero-order chi connectivity index (χ0) is 25.0. The van der Waals surface area contributed by atoms with Crippen molar-refractivity contribution in [2.45, 2.75) is 24.2 Å². The number of thiophene rings is 1. The number of nitrogens with two attached hydrogens (primary N) is 1. The van der Waals surface area contributed by atoms with Crippen molar-refractivity contribution in [1.29, 1.82) is 0 Å². The molecule has 4 rings (SSSR count). The van der Waals surface area contributed by atoms with Crippen molar-refractivity contribution in [3.05, 3.63) is 82.3 Å². The molecular formula is C26H26ClN3O3S2. The van der Waals surface area contributed by atoms with Gasteiger partial charge in [0, 0.05) is 24.2 Å². The van der Waals surface area contributed by atoms with Crippen LogP contribution in [0.3, 0.4) is 0 Å². The summed E-state index contributed by atoms with van der Waals surface area (Å²) < 4.78 is 24.0.